The molecule has 4 heteroatoms. The Morgan fingerprint density at radius 2 is 2.05 bits per heavy atom. The highest BCUT2D eigenvalue weighted by Crippen LogP contribution is 2.11. The molecule has 0 aliphatic carbocycles. The molecule has 98 valence electrons. The van der Waals surface area contributed by atoms with Gasteiger partial charge in [-0.25, -0.2) is 0 Å². The lowest BCUT2D eigenvalue weighted by atomic mass is 10.1. The van der Waals surface area contributed by atoms with Crippen LogP contribution in [0.1, 0.15) is 28.5 Å². The number of aryl methyl sites for hydroxylation is 1. The number of para-hydroxylation sites is 1. The molecule has 1 aromatic heterocycles. The van der Waals surface area contributed by atoms with Crippen molar-refractivity contribution < 1.29 is 4.79 Å². The minimum Gasteiger partial charge on any atom is -0.398 e. The number of carbonyl (C=O) groups excluding carboxylic acids is 1. The Bertz CT molecular complexity index is 581. The minimum atomic E-state index is -0.175. The van der Waals surface area contributed by atoms with E-state index in [-0.39, 0.29) is 5.91 Å². The molecule has 0 saturated carbocycles. The van der Waals surface area contributed by atoms with Crippen molar-refractivity contribution in [1.82, 2.24) is 10.3 Å². The number of anilines is 1. The first-order chi connectivity index (χ1) is 9.22. The van der Waals surface area contributed by atoms with Gasteiger partial charge < -0.3 is 11.1 Å². The number of rotatable bonds is 4. The first kappa shape index (κ1) is 13.1. The van der Waals surface area contributed by atoms with Crippen LogP contribution in [0.25, 0.3) is 0 Å². The molecule has 0 unspecified atom stereocenters. The first-order valence-corrected chi connectivity index (χ1v) is 6.28. The van der Waals surface area contributed by atoms with Gasteiger partial charge in [0.1, 0.15) is 0 Å². The number of amides is 1. The number of aromatic nitrogens is 1. The predicted molar refractivity (Wildman–Crippen MR) is 75.6 cm³/mol. The molecule has 2 aromatic rings. The number of benzene rings is 1. The second kappa shape index (κ2) is 6.00. The van der Waals surface area contributed by atoms with Crippen LogP contribution in [-0.2, 0) is 13.0 Å². The fraction of sp³-hybridized carbons (Fsp3) is 0.200. The number of hydrogen-bond donors (Lipinski definition) is 2. The van der Waals surface area contributed by atoms with Gasteiger partial charge in [-0.3, -0.25) is 9.78 Å². The number of nitrogens with one attached hydrogen (secondary N) is 1. The SMILES string of the molecule is CCc1cccnc1CNC(=O)c1ccccc1N. The van der Waals surface area contributed by atoms with Gasteiger partial charge in [0.2, 0.25) is 0 Å². The molecule has 0 radical (unpaired) electrons. The molecular formula is C15H17N3O. The van der Waals surface area contributed by atoms with E-state index in [1.807, 2.05) is 12.1 Å². The standard InChI is InChI=1S/C15H17N3O/c1-2-11-6-5-9-17-14(11)10-18-15(19)12-7-3-4-8-13(12)16/h3-9H,2,10,16H2,1H3,(H,18,19). The highest BCUT2D eigenvalue weighted by atomic mass is 16.1. The highest BCUT2D eigenvalue weighted by Gasteiger charge is 2.09. The summed E-state index contributed by atoms with van der Waals surface area (Å²) in [6, 6.07) is 10.9. The van der Waals surface area contributed by atoms with E-state index in [2.05, 4.69) is 17.2 Å². The quantitative estimate of drug-likeness (QED) is 0.823. The Balaban J connectivity index is 2.07. The zero-order valence-electron chi connectivity index (χ0n) is 10.9. The van der Waals surface area contributed by atoms with Crippen LogP contribution in [-0.4, -0.2) is 10.9 Å². The van der Waals surface area contributed by atoms with Crippen LogP contribution in [0.15, 0.2) is 42.6 Å². The van der Waals surface area contributed by atoms with Crippen LogP contribution in [0.4, 0.5) is 5.69 Å². The third-order valence-corrected chi connectivity index (χ3v) is 2.99. The van der Waals surface area contributed by atoms with Gasteiger partial charge in [0, 0.05) is 11.9 Å². The number of pyridine rings is 1. The smallest absolute Gasteiger partial charge is 0.253 e. The highest BCUT2D eigenvalue weighted by molar-refractivity contribution is 5.98. The van der Waals surface area contributed by atoms with Crippen molar-refractivity contribution in [3.63, 3.8) is 0 Å². The Morgan fingerprint density at radius 1 is 1.26 bits per heavy atom. The van der Waals surface area contributed by atoms with Crippen molar-refractivity contribution in [2.75, 3.05) is 5.73 Å². The average Bonchev–Trinajstić information content (AvgIpc) is 2.45. The van der Waals surface area contributed by atoms with Gasteiger partial charge in [-0.05, 0) is 30.2 Å². The van der Waals surface area contributed by atoms with Gasteiger partial charge in [0.05, 0.1) is 17.8 Å². The van der Waals surface area contributed by atoms with Crippen LogP contribution in [0.3, 0.4) is 0 Å². The number of nitrogens with two attached hydrogens (primary N) is 1. The van der Waals surface area contributed by atoms with E-state index in [4.69, 9.17) is 5.73 Å². The summed E-state index contributed by atoms with van der Waals surface area (Å²) in [5.74, 6) is -0.175. The molecule has 19 heavy (non-hydrogen) atoms. The maximum absolute atomic E-state index is 12.0. The normalized spacial score (nSPS) is 10.2. The molecule has 1 heterocycles. The monoisotopic (exact) mass is 255 g/mol. The van der Waals surface area contributed by atoms with Crippen molar-refractivity contribution in [3.8, 4) is 0 Å². The molecule has 0 spiro atoms. The summed E-state index contributed by atoms with van der Waals surface area (Å²) in [7, 11) is 0. The third-order valence-electron chi connectivity index (χ3n) is 2.99. The Morgan fingerprint density at radius 3 is 2.79 bits per heavy atom. The first-order valence-electron chi connectivity index (χ1n) is 6.28. The van der Waals surface area contributed by atoms with Crippen LogP contribution < -0.4 is 11.1 Å². The van der Waals surface area contributed by atoms with E-state index < -0.39 is 0 Å². The fourth-order valence-electron chi connectivity index (χ4n) is 1.92. The van der Waals surface area contributed by atoms with Crippen LogP contribution >= 0.6 is 0 Å². The van der Waals surface area contributed by atoms with E-state index in [9.17, 15) is 4.79 Å². The van der Waals surface area contributed by atoms with Crippen molar-refractivity contribution >= 4 is 11.6 Å². The molecule has 4 nitrogen and oxygen atoms in total. The average molecular weight is 255 g/mol. The molecular weight excluding hydrogens is 238 g/mol. The number of nitrogen functional groups attached to an aromatic ring is 1. The molecule has 0 saturated heterocycles. The Labute approximate surface area is 112 Å². The van der Waals surface area contributed by atoms with E-state index in [1.54, 1.807) is 30.5 Å². The molecule has 2 rings (SSSR count). The molecule has 0 bridgehead atoms. The predicted octanol–water partition coefficient (Wildman–Crippen LogP) is 2.16. The van der Waals surface area contributed by atoms with Gasteiger partial charge in [-0.1, -0.05) is 25.1 Å². The third kappa shape index (κ3) is 3.10. The van der Waals surface area contributed by atoms with Gasteiger partial charge >= 0.3 is 0 Å². The summed E-state index contributed by atoms with van der Waals surface area (Å²) in [5.41, 5.74) is 8.79. The van der Waals surface area contributed by atoms with Crippen LogP contribution in [0.2, 0.25) is 0 Å². The van der Waals surface area contributed by atoms with Crippen LogP contribution in [0, 0.1) is 0 Å². The van der Waals surface area contributed by atoms with Gasteiger partial charge in [0.25, 0.3) is 5.91 Å². The number of hydrogen-bond acceptors (Lipinski definition) is 3. The molecule has 0 aliphatic heterocycles. The Hall–Kier alpha value is -2.36. The molecule has 0 fully saturated rings. The van der Waals surface area contributed by atoms with E-state index in [0.29, 0.717) is 17.8 Å². The van der Waals surface area contributed by atoms with E-state index in [1.165, 1.54) is 0 Å². The summed E-state index contributed by atoms with van der Waals surface area (Å²) in [6.07, 6.45) is 2.63. The molecule has 1 amide bonds. The summed E-state index contributed by atoms with van der Waals surface area (Å²) >= 11 is 0. The molecule has 0 atom stereocenters. The van der Waals surface area contributed by atoms with E-state index >= 15 is 0 Å². The van der Waals surface area contributed by atoms with Gasteiger partial charge in [-0.2, -0.15) is 0 Å². The van der Waals surface area contributed by atoms with E-state index in [0.717, 1.165) is 17.7 Å². The molecule has 0 aliphatic rings. The van der Waals surface area contributed by atoms with Crippen LogP contribution in [0.5, 0.6) is 0 Å². The lowest BCUT2D eigenvalue weighted by Crippen LogP contribution is -2.24. The zero-order chi connectivity index (χ0) is 13.7. The van der Waals surface area contributed by atoms with Gasteiger partial charge in [-0.15, -0.1) is 0 Å². The van der Waals surface area contributed by atoms with Crippen molar-refractivity contribution in [3.05, 3.63) is 59.4 Å². The number of nitrogens with zero attached hydrogens (tertiary/aromatic N) is 1. The molecule has 1 aromatic carbocycles. The maximum atomic E-state index is 12.0. The number of carbonyl (C=O) groups is 1. The summed E-state index contributed by atoms with van der Waals surface area (Å²) in [6.45, 7) is 2.48. The Kier molecular flexibility index (Phi) is 4.13. The summed E-state index contributed by atoms with van der Waals surface area (Å²) < 4.78 is 0. The van der Waals surface area contributed by atoms with Crippen molar-refractivity contribution in [1.29, 1.82) is 0 Å². The van der Waals surface area contributed by atoms with Gasteiger partial charge in [0.15, 0.2) is 0 Å². The summed E-state index contributed by atoms with van der Waals surface area (Å²) in [4.78, 5) is 16.3. The fourth-order valence-corrected chi connectivity index (χ4v) is 1.92. The molecule has 3 N–H and O–H groups in total. The lowest BCUT2D eigenvalue weighted by Gasteiger charge is -2.09. The second-order valence-corrected chi connectivity index (χ2v) is 4.23. The summed E-state index contributed by atoms with van der Waals surface area (Å²) in [5, 5.41) is 2.85. The van der Waals surface area contributed by atoms with Crippen molar-refractivity contribution in [2.45, 2.75) is 19.9 Å². The second-order valence-electron chi connectivity index (χ2n) is 4.23. The largest absolute Gasteiger partial charge is 0.398 e. The zero-order valence-corrected chi connectivity index (χ0v) is 10.9. The maximum Gasteiger partial charge on any atom is 0.253 e. The minimum absolute atomic E-state index is 0.175. The lowest BCUT2D eigenvalue weighted by molar-refractivity contribution is 0.0951. The van der Waals surface area contributed by atoms with Crippen molar-refractivity contribution in [2.24, 2.45) is 0 Å². The topological polar surface area (TPSA) is 68.0 Å².